The molecule has 2 aliphatic rings. The van der Waals surface area contributed by atoms with E-state index < -0.39 is 0 Å². The van der Waals surface area contributed by atoms with Crippen LogP contribution in [0, 0.1) is 5.92 Å². The van der Waals surface area contributed by atoms with Gasteiger partial charge in [-0.2, -0.15) is 0 Å². The number of hydrogen-bond donors (Lipinski definition) is 0. The van der Waals surface area contributed by atoms with Gasteiger partial charge in [0.2, 0.25) is 5.91 Å². The molecule has 1 saturated carbocycles. The second-order valence-electron chi connectivity index (χ2n) is 7.49. The molecule has 1 amide bonds. The number of amides is 1. The lowest BCUT2D eigenvalue weighted by molar-refractivity contribution is -0.136. The third kappa shape index (κ3) is 3.64. The van der Waals surface area contributed by atoms with E-state index in [4.69, 9.17) is 16.6 Å². The van der Waals surface area contributed by atoms with Crippen molar-refractivity contribution >= 4 is 17.5 Å². The molecule has 26 heavy (non-hydrogen) atoms. The van der Waals surface area contributed by atoms with Gasteiger partial charge < -0.3 is 4.90 Å². The van der Waals surface area contributed by atoms with Crippen LogP contribution in [0.4, 0.5) is 0 Å². The zero-order valence-corrected chi connectivity index (χ0v) is 15.8. The molecule has 4 heteroatoms. The lowest BCUT2D eigenvalue weighted by Crippen LogP contribution is -2.35. The smallest absolute Gasteiger partial charge is 0.226 e. The summed E-state index contributed by atoms with van der Waals surface area (Å²) in [5.74, 6) is 0.588. The Morgan fingerprint density at radius 3 is 2.65 bits per heavy atom. The quantitative estimate of drug-likeness (QED) is 0.744. The van der Waals surface area contributed by atoms with Gasteiger partial charge in [-0.05, 0) is 49.4 Å². The molecular formula is C22H25ClN2O. The molecule has 2 heterocycles. The van der Waals surface area contributed by atoms with Gasteiger partial charge in [-0.1, -0.05) is 48.7 Å². The van der Waals surface area contributed by atoms with Crippen LogP contribution >= 0.6 is 11.6 Å². The fourth-order valence-corrected chi connectivity index (χ4v) is 4.57. The number of pyridine rings is 1. The maximum atomic E-state index is 12.9. The van der Waals surface area contributed by atoms with E-state index in [-0.39, 0.29) is 12.0 Å². The second-order valence-corrected chi connectivity index (χ2v) is 7.90. The molecule has 136 valence electrons. The fourth-order valence-electron chi connectivity index (χ4n) is 4.36. The molecule has 1 atom stereocenters. The Morgan fingerprint density at radius 2 is 1.85 bits per heavy atom. The lowest BCUT2D eigenvalue weighted by Gasteiger charge is -2.27. The number of halogens is 1. The molecular weight excluding hydrogens is 344 g/mol. The summed E-state index contributed by atoms with van der Waals surface area (Å²) in [6.07, 6.45) is 7.31. The molecule has 0 bridgehead atoms. The summed E-state index contributed by atoms with van der Waals surface area (Å²) in [5, 5.41) is 0.776. The Labute approximate surface area is 160 Å². The molecule has 0 radical (unpaired) electrons. The van der Waals surface area contributed by atoms with Gasteiger partial charge in [0, 0.05) is 29.6 Å². The van der Waals surface area contributed by atoms with Gasteiger partial charge in [0.05, 0.1) is 11.7 Å². The van der Waals surface area contributed by atoms with Crippen LogP contribution in [0.25, 0.3) is 0 Å². The van der Waals surface area contributed by atoms with Crippen molar-refractivity contribution in [2.45, 2.75) is 51.0 Å². The van der Waals surface area contributed by atoms with E-state index in [0.717, 1.165) is 60.6 Å². The first kappa shape index (κ1) is 17.5. The number of carbonyl (C=O) groups excluding carboxylic acids is 1. The van der Waals surface area contributed by atoms with Crippen LogP contribution in [0.15, 0.2) is 42.5 Å². The average Bonchev–Trinajstić information content (AvgIpc) is 3.35. The molecule has 1 aliphatic carbocycles. The Kier molecular flexibility index (Phi) is 5.26. The number of hydrogen-bond acceptors (Lipinski definition) is 2. The van der Waals surface area contributed by atoms with Gasteiger partial charge in [-0.25, -0.2) is 0 Å². The van der Waals surface area contributed by atoms with Crippen LogP contribution in [0.1, 0.15) is 61.5 Å². The molecule has 3 nitrogen and oxygen atoms in total. The topological polar surface area (TPSA) is 33.2 Å². The standard InChI is InChI=1S/C22H25ClN2O/c23-19-11-4-3-9-17(19)15-18-10-5-12-20(24-18)21-13-6-14-25(21)22(26)16-7-1-2-8-16/h3-5,9-12,16,21H,1-2,6-8,13-15H2/t21-/m1/s1. The van der Waals surface area contributed by atoms with Gasteiger partial charge in [0.25, 0.3) is 0 Å². The van der Waals surface area contributed by atoms with Crippen LogP contribution in [-0.4, -0.2) is 22.3 Å². The molecule has 1 aliphatic heterocycles. The summed E-state index contributed by atoms with van der Waals surface area (Å²) in [4.78, 5) is 19.9. The number of benzene rings is 1. The van der Waals surface area contributed by atoms with Crippen molar-refractivity contribution in [1.82, 2.24) is 9.88 Å². The van der Waals surface area contributed by atoms with Gasteiger partial charge in [0.1, 0.15) is 0 Å². The highest BCUT2D eigenvalue weighted by Crippen LogP contribution is 2.35. The lowest BCUT2D eigenvalue weighted by atomic mass is 10.0. The average molecular weight is 369 g/mol. The van der Waals surface area contributed by atoms with E-state index in [2.05, 4.69) is 17.0 Å². The predicted octanol–water partition coefficient (Wildman–Crippen LogP) is 5.18. The maximum absolute atomic E-state index is 12.9. The summed E-state index contributed by atoms with van der Waals surface area (Å²) in [7, 11) is 0. The summed E-state index contributed by atoms with van der Waals surface area (Å²) in [6.45, 7) is 0.871. The summed E-state index contributed by atoms with van der Waals surface area (Å²) < 4.78 is 0. The zero-order chi connectivity index (χ0) is 17.9. The number of rotatable bonds is 4. The van der Waals surface area contributed by atoms with Crippen LogP contribution in [0.2, 0.25) is 5.02 Å². The number of carbonyl (C=O) groups is 1. The zero-order valence-electron chi connectivity index (χ0n) is 15.0. The van der Waals surface area contributed by atoms with Crippen molar-refractivity contribution in [2.75, 3.05) is 6.54 Å². The Morgan fingerprint density at radius 1 is 1.04 bits per heavy atom. The van der Waals surface area contributed by atoms with Crippen LogP contribution in [-0.2, 0) is 11.2 Å². The highest BCUT2D eigenvalue weighted by Gasteiger charge is 2.35. The summed E-state index contributed by atoms with van der Waals surface area (Å²) >= 11 is 6.30. The van der Waals surface area contributed by atoms with E-state index in [0.29, 0.717) is 5.91 Å². The Hall–Kier alpha value is -1.87. The van der Waals surface area contributed by atoms with Crippen LogP contribution in [0.3, 0.4) is 0 Å². The first-order chi connectivity index (χ1) is 12.7. The highest BCUT2D eigenvalue weighted by atomic mass is 35.5. The van der Waals surface area contributed by atoms with E-state index in [1.165, 1.54) is 12.8 Å². The van der Waals surface area contributed by atoms with Crippen molar-refractivity contribution in [2.24, 2.45) is 5.92 Å². The van der Waals surface area contributed by atoms with Crippen molar-refractivity contribution in [3.63, 3.8) is 0 Å². The minimum atomic E-state index is 0.134. The molecule has 0 N–H and O–H groups in total. The highest BCUT2D eigenvalue weighted by molar-refractivity contribution is 6.31. The van der Waals surface area contributed by atoms with Crippen molar-refractivity contribution in [1.29, 1.82) is 0 Å². The molecule has 2 fully saturated rings. The van der Waals surface area contributed by atoms with Crippen molar-refractivity contribution < 1.29 is 4.79 Å². The molecule has 1 aromatic carbocycles. The SMILES string of the molecule is O=C(C1CCCC1)N1CCC[C@@H]1c1cccc(Cc2ccccc2Cl)n1. The van der Waals surface area contributed by atoms with Crippen molar-refractivity contribution in [3.8, 4) is 0 Å². The first-order valence-corrected chi connectivity index (χ1v) is 10.1. The fraction of sp³-hybridized carbons (Fsp3) is 0.455. The molecule has 0 spiro atoms. The van der Waals surface area contributed by atoms with Gasteiger partial charge in [0.15, 0.2) is 0 Å². The minimum absolute atomic E-state index is 0.134. The van der Waals surface area contributed by atoms with E-state index in [9.17, 15) is 4.79 Å². The third-order valence-corrected chi connectivity index (χ3v) is 6.11. The van der Waals surface area contributed by atoms with Gasteiger partial charge in [-0.3, -0.25) is 9.78 Å². The normalized spacial score (nSPS) is 20.7. The van der Waals surface area contributed by atoms with Gasteiger partial charge >= 0.3 is 0 Å². The summed E-state index contributed by atoms with van der Waals surface area (Å²) in [6, 6.07) is 14.2. The van der Waals surface area contributed by atoms with E-state index >= 15 is 0 Å². The van der Waals surface area contributed by atoms with Crippen molar-refractivity contribution in [3.05, 3.63) is 64.4 Å². The number of aromatic nitrogens is 1. The maximum Gasteiger partial charge on any atom is 0.226 e. The second kappa shape index (κ2) is 7.79. The molecule has 0 unspecified atom stereocenters. The predicted molar refractivity (Wildman–Crippen MR) is 104 cm³/mol. The third-order valence-electron chi connectivity index (χ3n) is 5.74. The molecule has 4 rings (SSSR count). The minimum Gasteiger partial charge on any atom is -0.334 e. The Balaban J connectivity index is 1.53. The molecule has 1 saturated heterocycles. The molecule has 2 aromatic rings. The first-order valence-electron chi connectivity index (χ1n) is 9.72. The van der Waals surface area contributed by atoms with Crippen LogP contribution < -0.4 is 0 Å². The van der Waals surface area contributed by atoms with E-state index in [1.807, 2.05) is 30.3 Å². The van der Waals surface area contributed by atoms with Gasteiger partial charge in [-0.15, -0.1) is 0 Å². The Bertz CT molecular complexity index is 785. The monoisotopic (exact) mass is 368 g/mol. The largest absolute Gasteiger partial charge is 0.334 e. The summed E-state index contributed by atoms with van der Waals surface area (Å²) in [5.41, 5.74) is 3.12. The number of nitrogens with zero attached hydrogens (tertiary/aromatic N) is 2. The van der Waals surface area contributed by atoms with Crippen LogP contribution in [0.5, 0.6) is 0 Å². The van der Waals surface area contributed by atoms with E-state index in [1.54, 1.807) is 0 Å². The number of likely N-dealkylation sites (tertiary alicyclic amines) is 1. The molecule has 1 aromatic heterocycles.